The summed E-state index contributed by atoms with van der Waals surface area (Å²) >= 11 is 0. The molecule has 0 radical (unpaired) electrons. The maximum atomic E-state index is 12.7. The molecule has 0 unspecified atom stereocenters. The molecule has 6 nitrogen and oxygen atoms in total. The molecule has 3 atom stereocenters. The van der Waals surface area contributed by atoms with E-state index in [4.69, 9.17) is 14.2 Å². The Bertz CT molecular complexity index is 641. The zero-order valence-electron chi connectivity index (χ0n) is 15.6. The first kappa shape index (κ1) is 18.7. The van der Waals surface area contributed by atoms with Gasteiger partial charge in [0.2, 0.25) is 0 Å². The summed E-state index contributed by atoms with van der Waals surface area (Å²) in [5.41, 5.74) is -0.0716. The Morgan fingerprint density at radius 1 is 1.08 bits per heavy atom. The smallest absolute Gasteiger partial charge is 0.323 e. The van der Waals surface area contributed by atoms with E-state index in [-0.39, 0.29) is 17.9 Å². The van der Waals surface area contributed by atoms with Crippen molar-refractivity contribution in [1.29, 1.82) is 0 Å². The van der Waals surface area contributed by atoms with Crippen molar-refractivity contribution < 1.29 is 23.8 Å². The molecular formula is C20H27NO5. The average Bonchev–Trinajstić information content (AvgIpc) is 2.71. The van der Waals surface area contributed by atoms with Crippen molar-refractivity contribution in [3.63, 3.8) is 0 Å². The topological polar surface area (TPSA) is 73.9 Å². The number of piperidine rings is 1. The number of carbonyl (C=O) groups excluding carboxylic acids is 2. The maximum Gasteiger partial charge on any atom is 0.323 e. The van der Waals surface area contributed by atoms with Crippen LogP contribution in [0.2, 0.25) is 0 Å². The molecule has 1 aliphatic heterocycles. The molecule has 0 spiro atoms. The summed E-state index contributed by atoms with van der Waals surface area (Å²) in [5.74, 6) is 0.0448. The van der Waals surface area contributed by atoms with Crippen molar-refractivity contribution in [2.24, 2.45) is 17.3 Å². The standard InChI is InChI=1S/C20H27NO5/c1-24-15-8-6-13(7-9-15)17-11-16-14(12-21-17)5-4-10-20(16,18(22)25-2)19(23)26-3/h6-9,14,16-17,21H,4-5,10-12H2,1-3H3/t14-,16+,17+/m0/s1. The molecule has 1 N–H and O–H groups in total. The van der Waals surface area contributed by atoms with Gasteiger partial charge in [-0.3, -0.25) is 9.59 Å². The minimum Gasteiger partial charge on any atom is -0.497 e. The molecule has 2 fully saturated rings. The Morgan fingerprint density at radius 3 is 2.31 bits per heavy atom. The Labute approximate surface area is 154 Å². The summed E-state index contributed by atoms with van der Waals surface area (Å²) in [6, 6.07) is 7.99. The van der Waals surface area contributed by atoms with Crippen molar-refractivity contribution >= 4 is 11.9 Å². The first-order chi connectivity index (χ1) is 12.6. The number of rotatable bonds is 4. The first-order valence-electron chi connectivity index (χ1n) is 9.11. The molecule has 1 aliphatic carbocycles. The molecule has 1 saturated carbocycles. The lowest BCUT2D eigenvalue weighted by Crippen LogP contribution is -2.56. The summed E-state index contributed by atoms with van der Waals surface area (Å²) in [4.78, 5) is 25.4. The van der Waals surface area contributed by atoms with E-state index < -0.39 is 17.4 Å². The highest BCUT2D eigenvalue weighted by Gasteiger charge is 2.59. The van der Waals surface area contributed by atoms with Crippen molar-refractivity contribution in [3.05, 3.63) is 29.8 Å². The number of esters is 2. The minimum atomic E-state index is -1.20. The van der Waals surface area contributed by atoms with Crippen LogP contribution >= 0.6 is 0 Å². The van der Waals surface area contributed by atoms with Gasteiger partial charge in [0.25, 0.3) is 0 Å². The third kappa shape index (κ3) is 3.07. The van der Waals surface area contributed by atoms with E-state index in [0.29, 0.717) is 12.8 Å². The largest absolute Gasteiger partial charge is 0.497 e. The number of hydrogen-bond acceptors (Lipinski definition) is 6. The number of carbonyl (C=O) groups is 2. The molecule has 0 amide bonds. The molecule has 3 rings (SSSR count). The molecule has 6 heteroatoms. The molecule has 0 aromatic heterocycles. The lowest BCUT2D eigenvalue weighted by Gasteiger charge is -2.48. The van der Waals surface area contributed by atoms with Crippen LogP contribution in [-0.4, -0.2) is 39.8 Å². The van der Waals surface area contributed by atoms with Gasteiger partial charge in [0.15, 0.2) is 5.41 Å². The predicted molar refractivity (Wildman–Crippen MR) is 95.7 cm³/mol. The second-order valence-corrected chi connectivity index (χ2v) is 7.18. The van der Waals surface area contributed by atoms with Crippen LogP contribution in [-0.2, 0) is 19.1 Å². The Hall–Kier alpha value is -2.08. The molecule has 1 aromatic rings. The van der Waals surface area contributed by atoms with Crippen molar-refractivity contribution in [2.75, 3.05) is 27.9 Å². The molecule has 26 heavy (non-hydrogen) atoms. The van der Waals surface area contributed by atoms with Gasteiger partial charge in [-0.1, -0.05) is 18.6 Å². The van der Waals surface area contributed by atoms with Gasteiger partial charge in [0.05, 0.1) is 21.3 Å². The number of hydrogen-bond donors (Lipinski definition) is 1. The summed E-state index contributed by atoms with van der Waals surface area (Å²) in [7, 11) is 4.33. The van der Waals surface area contributed by atoms with E-state index in [2.05, 4.69) is 5.32 Å². The quantitative estimate of drug-likeness (QED) is 0.656. The SMILES string of the molecule is COC(=O)C1(C(=O)OC)CCC[C@H]2CN[C@@H](c3ccc(OC)cc3)C[C@H]21. The zero-order chi connectivity index (χ0) is 18.7. The van der Waals surface area contributed by atoms with Gasteiger partial charge >= 0.3 is 11.9 Å². The third-order valence-corrected chi connectivity index (χ3v) is 6.08. The van der Waals surface area contributed by atoms with Crippen LogP contribution in [0.5, 0.6) is 5.75 Å². The maximum absolute atomic E-state index is 12.7. The summed E-state index contributed by atoms with van der Waals surface area (Å²) in [6.07, 6.45) is 3.01. The molecule has 2 aliphatic rings. The molecule has 1 saturated heterocycles. The third-order valence-electron chi connectivity index (χ3n) is 6.08. The first-order valence-corrected chi connectivity index (χ1v) is 9.11. The van der Waals surface area contributed by atoms with Gasteiger partial charge in [-0.2, -0.15) is 0 Å². The van der Waals surface area contributed by atoms with Gasteiger partial charge in [0, 0.05) is 6.04 Å². The number of ether oxygens (including phenoxy) is 3. The van der Waals surface area contributed by atoms with Crippen LogP contribution in [0.25, 0.3) is 0 Å². The van der Waals surface area contributed by atoms with E-state index in [0.717, 1.165) is 30.7 Å². The fourth-order valence-corrected chi connectivity index (χ4v) is 4.75. The van der Waals surface area contributed by atoms with Gasteiger partial charge < -0.3 is 19.5 Å². The fourth-order valence-electron chi connectivity index (χ4n) is 4.75. The number of nitrogens with one attached hydrogen (secondary N) is 1. The van der Waals surface area contributed by atoms with Crippen LogP contribution in [0.4, 0.5) is 0 Å². The lowest BCUT2D eigenvalue weighted by molar-refractivity contribution is -0.181. The summed E-state index contributed by atoms with van der Waals surface area (Å²) < 4.78 is 15.3. The molecule has 0 bridgehead atoms. The van der Waals surface area contributed by atoms with E-state index in [1.807, 2.05) is 24.3 Å². The van der Waals surface area contributed by atoms with Crippen LogP contribution in [0.3, 0.4) is 0 Å². The van der Waals surface area contributed by atoms with E-state index >= 15 is 0 Å². The molecule has 142 valence electrons. The summed E-state index contributed by atoms with van der Waals surface area (Å²) in [6.45, 7) is 0.775. The summed E-state index contributed by atoms with van der Waals surface area (Å²) in [5, 5.41) is 3.58. The normalized spacial score (nSPS) is 27.1. The van der Waals surface area contributed by atoms with Gasteiger partial charge in [0.1, 0.15) is 5.75 Å². The van der Waals surface area contributed by atoms with Gasteiger partial charge in [-0.25, -0.2) is 0 Å². The predicted octanol–water partition coefficient (Wildman–Crippen LogP) is 2.48. The van der Waals surface area contributed by atoms with E-state index in [1.54, 1.807) is 7.11 Å². The van der Waals surface area contributed by atoms with Crippen molar-refractivity contribution in [2.45, 2.75) is 31.7 Å². The van der Waals surface area contributed by atoms with Crippen LogP contribution < -0.4 is 10.1 Å². The number of fused-ring (bicyclic) bond motifs is 1. The zero-order valence-corrected chi connectivity index (χ0v) is 15.6. The Morgan fingerprint density at radius 2 is 1.73 bits per heavy atom. The molecular weight excluding hydrogens is 334 g/mol. The van der Waals surface area contributed by atoms with Gasteiger partial charge in [-0.15, -0.1) is 0 Å². The second-order valence-electron chi connectivity index (χ2n) is 7.18. The van der Waals surface area contributed by atoms with E-state index in [1.165, 1.54) is 14.2 Å². The average molecular weight is 361 g/mol. The highest BCUT2D eigenvalue weighted by molar-refractivity contribution is 6.00. The number of methoxy groups -OCH3 is 3. The van der Waals surface area contributed by atoms with Crippen molar-refractivity contribution in [1.82, 2.24) is 5.32 Å². The highest BCUT2D eigenvalue weighted by Crippen LogP contribution is 2.51. The van der Waals surface area contributed by atoms with E-state index in [9.17, 15) is 9.59 Å². The lowest BCUT2D eigenvalue weighted by atomic mass is 9.58. The van der Waals surface area contributed by atoms with Gasteiger partial charge in [-0.05, 0) is 55.3 Å². The minimum absolute atomic E-state index is 0.0777. The molecule has 1 heterocycles. The van der Waals surface area contributed by atoms with Crippen LogP contribution in [0, 0.1) is 17.3 Å². The molecule has 1 aromatic carbocycles. The Kier molecular flexibility index (Phi) is 5.51. The highest BCUT2D eigenvalue weighted by atomic mass is 16.5. The second kappa shape index (κ2) is 7.66. The monoisotopic (exact) mass is 361 g/mol. The van der Waals surface area contributed by atoms with Crippen molar-refractivity contribution in [3.8, 4) is 5.75 Å². The Balaban J connectivity index is 1.91. The van der Waals surface area contributed by atoms with Crippen LogP contribution in [0.15, 0.2) is 24.3 Å². The number of benzene rings is 1. The van der Waals surface area contributed by atoms with Crippen LogP contribution in [0.1, 0.15) is 37.3 Å². The fraction of sp³-hybridized carbons (Fsp3) is 0.600.